The van der Waals surface area contributed by atoms with E-state index in [9.17, 15) is 0 Å². The lowest BCUT2D eigenvalue weighted by molar-refractivity contribution is 0.122. The first-order valence-electron chi connectivity index (χ1n) is 10.1. The molecule has 0 aromatic carbocycles. The molecule has 1 aliphatic carbocycles. The average molecular weight is 311 g/mol. The monoisotopic (exact) mass is 310 g/mol. The largest absolute Gasteiger partial charge is 0.303 e. The van der Waals surface area contributed by atoms with Crippen LogP contribution in [0.2, 0.25) is 0 Å². The van der Waals surface area contributed by atoms with Gasteiger partial charge in [0.1, 0.15) is 0 Å². The Kier molecular flexibility index (Phi) is 11.2. The molecule has 0 bridgehead atoms. The van der Waals surface area contributed by atoms with Crippen molar-refractivity contribution in [2.24, 2.45) is 0 Å². The van der Waals surface area contributed by atoms with Gasteiger partial charge in [-0.05, 0) is 65.7 Å². The number of rotatable bonds is 12. The van der Waals surface area contributed by atoms with Crippen molar-refractivity contribution in [2.75, 3.05) is 27.2 Å². The summed E-state index contributed by atoms with van der Waals surface area (Å²) in [6.07, 6.45) is 16.8. The lowest BCUT2D eigenvalue weighted by atomic mass is 9.89. The quantitative estimate of drug-likeness (QED) is 0.450. The minimum Gasteiger partial charge on any atom is -0.303 e. The Hall–Kier alpha value is -0.0800. The van der Waals surface area contributed by atoms with E-state index in [2.05, 4.69) is 37.7 Å². The maximum atomic E-state index is 2.65. The van der Waals surface area contributed by atoms with Gasteiger partial charge in [-0.3, -0.25) is 0 Å². The summed E-state index contributed by atoms with van der Waals surface area (Å²) in [6, 6.07) is 1.71. The zero-order chi connectivity index (χ0) is 16.2. The molecule has 22 heavy (non-hydrogen) atoms. The summed E-state index contributed by atoms with van der Waals surface area (Å²) in [5.74, 6) is 0. The molecule has 0 N–H and O–H groups in total. The van der Waals surface area contributed by atoms with Crippen LogP contribution < -0.4 is 0 Å². The van der Waals surface area contributed by atoms with Crippen molar-refractivity contribution < 1.29 is 0 Å². The molecule has 2 nitrogen and oxygen atoms in total. The highest BCUT2D eigenvalue weighted by Gasteiger charge is 2.25. The minimum atomic E-state index is 0.853. The van der Waals surface area contributed by atoms with Gasteiger partial charge in [0.05, 0.1) is 0 Å². The second-order valence-corrected chi connectivity index (χ2v) is 7.54. The summed E-state index contributed by atoms with van der Waals surface area (Å²) in [7, 11) is 4.71. The molecule has 1 fully saturated rings. The Morgan fingerprint density at radius 2 is 0.955 bits per heavy atom. The van der Waals surface area contributed by atoms with Crippen LogP contribution in [-0.2, 0) is 0 Å². The molecule has 1 rings (SSSR count). The molecule has 1 aliphatic rings. The minimum absolute atomic E-state index is 0.853. The maximum Gasteiger partial charge on any atom is 0.00933 e. The van der Waals surface area contributed by atoms with Crippen LogP contribution in [0, 0.1) is 0 Å². The van der Waals surface area contributed by atoms with E-state index in [1.165, 1.54) is 90.1 Å². The number of unbranched alkanes of at least 4 members (excludes halogenated alkanes) is 6. The summed E-state index contributed by atoms with van der Waals surface area (Å²) >= 11 is 0. The number of hydrogen-bond donors (Lipinski definition) is 0. The Bertz CT molecular complexity index is 220. The topological polar surface area (TPSA) is 6.48 Å². The smallest absolute Gasteiger partial charge is 0.00933 e. The number of nitrogens with zero attached hydrogens (tertiary/aromatic N) is 2. The van der Waals surface area contributed by atoms with Gasteiger partial charge in [-0.1, -0.05) is 52.4 Å². The van der Waals surface area contributed by atoms with Crippen LogP contribution in [-0.4, -0.2) is 49.1 Å². The molecule has 0 aromatic heterocycles. The molecular weight excluding hydrogens is 268 g/mol. The zero-order valence-electron chi connectivity index (χ0n) is 15.9. The van der Waals surface area contributed by atoms with Gasteiger partial charge in [-0.15, -0.1) is 0 Å². The maximum absolute atomic E-state index is 2.65. The third-order valence-corrected chi connectivity index (χ3v) is 5.64. The van der Waals surface area contributed by atoms with Gasteiger partial charge >= 0.3 is 0 Å². The fourth-order valence-electron chi connectivity index (χ4n) is 3.88. The van der Waals surface area contributed by atoms with E-state index in [0.29, 0.717) is 0 Å². The first kappa shape index (κ1) is 20.0. The van der Waals surface area contributed by atoms with E-state index in [4.69, 9.17) is 0 Å². The van der Waals surface area contributed by atoms with E-state index >= 15 is 0 Å². The summed E-state index contributed by atoms with van der Waals surface area (Å²) in [6.45, 7) is 7.21. The van der Waals surface area contributed by atoms with Gasteiger partial charge in [-0.25, -0.2) is 0 Å². The van der Waals surface area contributed by atoms with Gasteiger partial charge in [-0.2, -0.15) is 0 Å². The molecule has 0 heterocycles. The lowest BCUT2D eigenvalue weighted by Gasteiger charge is -2.38. The SMILES string of the molecule is CCCCCCN(C)C1CCC(N(C)CCCCCC)CC1. The number of hydrogen-bond acceptors (Lipinski definition) is 2. The van der Waals surface area contributed by atoms with Crippen LogP contribution >= 0.6 is 0 Å². The zero-order valence-corrected chi connectivity index (χ0v) is 15.9. The molecule has 0 aromatic rings. The van der Waals surface area contributed by atoms with Crippen molar-refractivity contribution in [3.05, 3.63) is 0 Å². The average Bonchev–Trinajstić information content (AvgIpc) is 2.55. The summed E-state index contributed by atoms with van der Waals surface area (Å²) < 4.78 is 0. The fourth-order valence-corrected chi connectivity index (χ4v) is 3.88. The standard InChI is InChI=1S/C20H42N2/c1-5-7-9-11-17-21(3)19-13-15-20(16-14-19)22(4)18-12-10-8-6-2/h19-20H,5-18H2,1-4H3. The summed E-state index contributed by atoms with van der Waals surface area (Å²) in [5.41, 5.74) is 0. The van der Waals surface area contributed by atoms with Crippen molar-refractivity contribution in [3.63, 3.8) is 0 Å². The summed E-state index contributed by atoms with van der Waals surface area (Å²) in [4.78, 5) is 5.29. The normalized spacial score (nSPS) is 22.6. The Morgan fingerprint density at radius 3 is 1.27 bits per heavy atom. The van der Waals surface area contributed by atoms with Crippen molar-refractivity contribution in [1.82, 2.24) is 9.80 Å². The lowest BCUT2D eigenvalue weighted by Crippen LogP contribution is -2.42. The molecule has 132 valence electrons. The third-order valence-electron chi connectivity index (χ3n) is 5.64. The van der Waals surface area contributed by atoms with Crippen molar-refractivity contribution in [1.29, 1.82) is 0 Å². The molecule has 0 radical (unpaired) electrons. The second kappa shape index (κ2) is 12.4. The van der Waals surface area contributed by atoms with Crippen LogP contribution in [0.4, 0.5) is 0 Å². The Labute approximate surface area is 140 Å². The Balaban J connectivity index is 2.13. The molecule has 1 saturated carbocycles. The van der Waals surface area contributed by atoms with Crippen LogP contribution in [0.3, 0.4) is 0 Å². The highest BCUT2D eigenvalue weighted by atomic mass is 15.2. The molecule has 0 aliphatic heterocycles. The molecule has 2 heteroatoms. The van der Waals surface area contributed by atoms with E-state index in [1.807, 2.05) is 0 Å². The van der Waals surface area contributed by atoms with E-state index in [-0.39, 0.29) is 0 Å². The highest BCUT2D eigenvalue weighted by molar-refractivity contribution is 4.82. The third kappa shape index (κ3) is 7.97. The first-order chi connectivity index (χ1) is 10.7. The van der Waals surface area contributed by atoms with Crippen molar-refractivity contribution in [3.8, 4) is 0 Å². The van der Waals surface area contributed by atoms with Crippen molar-refractivity contribution >= 4 is 0 Å². The summed E-state index contributed by atoms with van der Waals surface area (Å²) in [5, 5.41) is 0. The van der Waals surface area contributed by atoms with E-state index in [0.717, 1.165) is 12.1 Å². The van der Waals surface area contributed by atoms with Gasteiger partial charge in [0.15, 0.2) is 0 Å². The van der Waals surface area contributed by atoms with E-state index < -0.39 is 0 Å². The van der Waals surface area contributed by atoms with Gasteiger partial charge in [0, 0.05) is 12.1 Å². The first-order valence-corrected chi connectivity index (χ1v) is 10.1. The van der Waals surface area contributed by atoms with Crippen molar-refractivity contribution in [2.45, 2.75) is 103 Å². The molecular formula is C20H42N2. The molecule has 0 unspecified atom stereocenters. The van der Waals surface area contributed by atoms with Crippen LogP contribution in [0.1, 0.15) is 90.9 Å². The van der Waals surface area contributed by atoms with Crippen LogP contribution in [0.5, 0.6) is 0 Å². The van der Waals surface area contributed by atoms with Gasteiger partial charge < -0.3 is 9.80 Å². The molecule has 0 amide bonds. The van der Waals surface area contributed by atoms with E-state index in [1.54, 1.807) is 0 Å². The fraction of sp³-hybridized carbons (Fsp3) is 1.00. The highest BCUT2D eigenvalue weighted by Crippen LogP contribution is 2.26. The molecule has 0 atom stereocenters. The molecule has 0 saturated heterocycles. The Morgan fingerprint density at radius 1 is 0.591 bits per heavy atom. The van der Waals surface area contributed by atoms with Gasteiger partial charge in [0.25, 0.3) is 0 Å². The molecule has 0 spiro atoms. The van der Waals surface area contributed by atoms with Crippen LogP contribution in [0.25, 0.3) is 0 Å². The predicted octanol–water partition coefficient (Wildman–Crippen LogP) is 5.32. The predicted molar refractivity (Wildman–Crippen MR) is 99.6 cm³/mol. The van der Waals surface area contributed by atoms with Crippen LogP contribution in [0.15, 0.2) is 0 Å². The second-order valence-electron chi connectivity index (χ2n) is 7.54. The van der Waals surface area contributed by atoms with Gasteiger partial charge in [0.2, 0.25) is 0 Å².